The standard InChI is InChI=1S/C12H10O4S/c1-2-8-7-9-5-3-4-6-10(9)12(11(8)13)17(14,15)16/h2-7,13H,1H2,(H,14,15,16). The second kappa shape index (κ2) is 3.87. The number of hydrogen-bond acceptors (Lipinski definition) is 3. The van der Waals surface area contributed by atoms with Crippen LogP contribution in [0.25, 0.3) is 16.8 Å². The molecule has 0 saturated carbocycles. The van der Waals surface area contributed by atoms with Gasteiger partial charge in [-0.05, 0) is 11.5 Å². The minimum Gasteiger partial charge on any atom is -0.506 e. The van der Waals surface area contributed by atoms with Crippen LogP contribution in [0.4, 0.5) is 0 Å². The van der Waals surface area contributed by atoms with Crippen LogP contribution in [-0.2, 0) is 10.1 Å². The summed E-state index contributed by atoms with van der Waals surface area (Å²) >= 11 is 0. The van der Waals surface area contributed by atoms with E-state index in [2.05, 4.69) is 6.58 Å². The summed E-state index contributed by atoms with van der Waals surface area (Å²) in [5, 5.41) is 10.7. The van der Waals surface area contributed by atoms with Crippen LogP contribution in [0.3, 0.4) is 0 Å². The van der Waals surface area contributed by atoms with Crippen LogP contribution < -0.4 is 0 Å². The Balaban J connectivity index is 3.06. The van der Waals surface area contributed by atoms with Crippen LogP contribution in [0.5, 0.6) is 5.75 Å². The van der Waals surface area contributed by atoms with Gasteiger partial charge in [-0.1, -0.05) is 36.9 Å². The molecule has 17 heavy (non-hydrogen) atoms. The van der Waals surface area contributed by atoms with Gasteiger partial charge in [-0.2, -0.15) is 8.42 Å². The van der Waals surface area contributed by atoms with Crippen LogP contribution in [0, 0.1) is 0 Å². The minimum absolute atomic E-state index is 0.260. The van der Waals surface area contributed by atoms with E-state index >= 15 is 0 Å². The van der Waals surface area contributed by atoms with E-state index in [0.717, 1.165) is 0 Å². The highest BCUT2D eigenvalue weighted by molar-refractivity contribution is 7.86. The number of aromatic hydroxyl groups is 1. The van der Waals surface area contributed by atoms with E-state index in [4.69, 9.17) is 4.55 Å². The average molecular weight is 250 g/mol. The summed E-state index contributed by atoms with van der Waals surface area (Å²) in [6.07, 6.45) is 1.33. The monoisotopic (exact) mass is 250 g/mol. The van der Waals surface area contributed by atoms with Crippen molar-refractivity contribution in [2.45, 2.75) is 4.90 Å². The Hall–Kier alpha value is -1.85. The van der Waals surface area contributed by atoms with Crippen molar-refractivity contribution in [3.8, 4) is 5.75 Å². The molecule has 0 amide bonds. The van der Waals surface area contributed by atoms with Crippen LogP contribution in [0.2, 0.25) is 0 Å². The summed E-state index contributed by atoms with van der Waals surface area (Å²) in [5.41, 5.74) is 0.260. The van der Waals surface area contributed by atoms with Gasteiger partial charge in [-0.25, -0.2) is 0 Å². The smallest absolute Gasteiger partial charge is 0.298 e. The summed E-state index contributed by atoms with van der Waals surface area (Å²) < 4.78 is 31.8. The van der Waals surface area contributed by atoms with Gasteiger partial charge in [0.25, 0.3) is 10.1 Å². The van der Waals surface area contributed by atoms with Crippen molar-refractivity contribution in [1.29, 1.82) is 0 Å². The Bertz CT molecular complexity index is 702. The van der Waals surface area contributed by atoms with Gasteiger partial charge in [0, 0.05) is 10.9 Å². The minimum atomic E-state index is -4.49. The molecule has 0 radical (unpaired) electrons. The molecular formula is C12H10O4S. The van der Waals surface area contributed by atoms with Crippen molar-refractivity contribution in [2.75, 3.05) is 0 Å². The lowest BCUT2D eigenvalue weighted by atomic mass is 10.1. The van der Waals surface area contributed by atoms with Gasteiger partial charge in [0.1, 0.15) is 10.6 Å². The van der Waals surface area contributed by atoms with Gasteiger partial charge in [0.15, 0.2) is 0 Å². The third-order valence-electron chi connectivity index (χ3n) is 2.48. The summed E-state index contributed by atoms with van der Waals surface area (Å²) in [6, 6.07) is 8.18. The molecule has 5 heteroatoms. The summed E-state index contributed by atoms with van der Waals surface area (Å²) in [4.78, 5) is -0.481. The number of rotatable bonds is 2. The van der Waals surface area contributed by atoms with Crippen molar-refractivity contribution >= 4 is 27.0 Å². The molecule has 0 bridgehead atoms. The van der Waals surface area contributed by atoms with Crippen molar-refractivity contribution in [3.05, 3.63) is 42.5 Å². The fourth-order valence-corrected chi connectivity index (χ4v) is 2.57. The Morgan fingerprint density at radius 3 is 2.47 bits per heavy atom. The molecule has 0 aliphatic carbocycles. The maximum atomic E-state index is 11.3. The Labute approximate surface area is 98.6 Å². The first-order valence-electron chi connectivity index (χ1n) is 4.80. The lowest BCUT2D eigenvalue weighted by molar-refractivity contribution is 0.444. The molecule has 0 aromatic heterocycles. The number of hydrogen-bond donors (Lipinski definition) is 2. The van der Waals surface area contributed by atoms with E-state index < -0.39 is 20.8 Å². The molecule has 2 N–H and O–H groups in total. The SMILES string of the molecule is C=Cc1cc2ccccc2c(S(=O)(=O)O)c1O. The van der Waals surface area contributed by atoms with Crippen molar-refractivity contribution in [3.63, 3.8) is 0 Å². The van der Waals surface area contributed by atoms with Gasteiger partial charge in [-0.3, -0.25) is 4.55 Å². The van der Waals surface area contributed by atoms with Gasteiger partial charge >= 0.3 is 0 Å². The first-order valence-corrected chi connectivity index (χ1v) is 6.24. The van der Waals surface area contributed by atoms with E-state index in [9.17, 15) is 13.5 Å². The predicted molar refractivity (Wildman–Crippen MR) is 65.5 cm³/mol. The van der Waals surface area contributed by atoms with Crippen molar-refractivity contribution in [1.82, 2.24) is 0 Å². The van der Waals surface area contributed by atoms with E-state index in [1.807, 2.05) is 0 Å². The highest BCUT2D eigenvalue weighted by atomic mass is 32.2. The third-order valence-corrected chi connectivity index (χ3v) is 3.41. The van der Waals surface area contributed by atoms with Crippen LogP contribution >= 0.6 is 0 Å². The fourth-order valence-electron chi connectivity index (χ4n) is 1.74. The Morgan fingerprint density at radius 1 is 1.24 bits per heavy atom. The number of benzene rings is 2. The Kier molecular flexibility index (Phi) is 2.65. The molecule has 2 aromatic carbocycles. The zero-order valence-corrected chi connectivity index (χ0v) is 9.61. The highest BCUT2D eigenvalue weighted by Gasteiger charge is 2.21. The predicted octanol–water partition coefficient (Wildman–Crippen LogP) is 2.44. The molecular weight excluding hydrogens is 240 g/mol. The normalized spacial score (nSPS) is 11.6. The fraction of sp³-hybridized carbons (Fsp3) is 0. The second-order valence-corrected chi connectivity index (χ2v) is 4.90. The zero-order valence-electron chi connectivity index (χ0n) is 8.79. The third kappa shape index (κ3) is 1.90. The largest absolute Gasteiger partial charge is 0.506 e. The van der Waals surface area contributed by atoms with Crippen LogP contribution in [-0.4, -0.2) is 18.1 Å². The summed E-state index contributed by atoms with van der Waals surface area (Å²) in [7, 11) is -4.49. The van der Waals surface area contributed by atoms with Gasteiger partial charge in [0.05, 0.1) is 0 Å². The summed E-state index contributed by atoms with van der Waals surface area (Å²) in [5.74, 6) is -0.485. The second-order valence-electron chi connectivity index (χ2n) is 3.54. The quantitative estimate of drug-likeness (QED) is 0.803. The summed E-state index contributed by atoms with van der Waals surface area (Å²) in [6.45, 7) is 3.49. The van der Waals surface area contributed by atoms with E-state index in [-0.39, 0.29) is 10.9 Å². The molecule has 0 aliphatic rings. The molecule has 0 atom stereocenters. The average Bonchev–Trinajstić information content (AvgIpc) is 2.26. The molecule has 0 fully saturated rings. The van der Waals surface area contributed by atoms with Crippen LogP contribution in [0.1, 0.15) is 5.56 Å². The molecule has 2 aromatic rings. The molecule has 0 spiro atoms. The van der Waals surface area contributed by atoms with E-state index in [1.165, 1.54) is 12.1 Å². The molecule has 0 unspecified atom stereocenters. The Morgan fingerprint density at radius 2 is 1.88 bits per heavy atom. The topological polar surface area (TPSA) is 74.6 Å². The van der Waals surface area contributed by atoms with Gasteiger partial charge in [-0.15, -0.1) is 0 Å². The molecule has 2 rings (SSSR count). The first kappa shape index (κ1) is 11.6. The lowest BCUT2D eigenvalue weighted by Gasteiger charge is -2.09. The number of fused-ring (bicyclic) bond motifs is 1. The van der Waals surface area contributed by atoms with Crippen molar-refractivity contribution < 1.29 is 18.1 Å². The molecule has 0 saturated heterocycles. The highest BCUT2D eigenvalue weighted by Crippen LogP contribution is 2.35. The molecule has 88 valence electrons. The van der Waals surface area contributed by atoms with Gasteiger partial charge < -0.3 is 5.11 Å². The molecule has 0 heterocycles. The maximum Gasteiger partial charge on any atom is 0.298 e. The first-order chi connectivity index (χ1) is 7.95. The van der Waals surface area contributed by atoms with Gasteiger partial charge in [0.2, 0.25) is 0 Å². The zero-order chi connectivity index (χ0) is 12.6. The maximum absolute atomic E-state index is 11.3. The lowest BCUT2D eigenvalue weighted by Crippen LogP contribution is -2.00. The van der Waals surface area contributed by atoms with Crippen LogP contribution in [0.15, 0.2) is 41.8 Å². The number of phenolic OH excluding ortho intramolecular Hbond substituents is 1. The van der Waals surface area contributed by atoms with E-state index in [1.54, 1.807) is 24.3 Å². The number of phenols is 1. The molecule has 0 aliphatic heterocycles. The van der Waals surface area contributed by atoms with Crippen molar-refractivity contribution in [2.24, 2.45) is 0 Å². The van der Waals surface area contributed by atoms with E-state index in [0.29, 0.717) is 5.39 Å². The molecule has 4 nitrogen and oxygen atoms in total.